The molecule has 1 saturated heterocycles. The molecule has 7 nitrogen and oxygen atoms in total. The summed E-state index contributed by atoms with van der Waals surface area (Å²) < 4.78 is 5.85. The van der Waals surface area contributed by atoms with Gasteiger partial charge in [0.25, 0.3) is 11.8 Å². The zero-order chi connectivity index (χ0) is 25.1. The maximum atomic E-state index is 13.5. The number of benzene rings is 3. The number of carbonyl (C=O) groups is 2. The Morgan fingerprint density at radius 3 is 2.42 bits per heavy atom. The molecule has 2 aliphatic heterocycles. The van der Waals surface area contributed by atoms with Crippen molar-refractivity contribution < 1.29 is 14.3 Å². The number of carbonyl (C=O) groups excluding carboxylic acids is 2. The van der Waals surface area contributed by atoms with Crippen LogP contribution < -0.4 is 10.6 Å². The third-order valence-electron chi connectivity index (χ3n) is 6.41. The molecule has 0 saturated carbocycles. The molecule has 3 atom stereocenters. The summed E-state index contributed by atoms with van der Waals surface area (Å²) in [7, 11) is 0. The molecule has 0 radical (unpaired) electrons. The number of anilines is 1. The van der Waals surface area contributed by atoms with Crippen LogP contribution in [0.4, 0.5) is 5.69 Å². The van der Waals surface area contributed by atoms with E-state index < -0.39 is 6.17 Å². The maximum Gasteiger partial charge on any atom is 0.269 e. The fraction of sp³-hybridized carbons (Fsp3) is 0.276. The van der Waals surface area contributed by atoms with E-state index >= 15 is 0 Å². The van der Waals surface area contributed by atoms with Crippen LogP contribution in [0.3, 0.4) is 0 Å². The minimum atomic E-state index is -1.07. The molecular weight excluding hydrogens is 452 g/mol. The Labute approximate surface area is 211 Å². The van der Waals surface area contributed by atoms with E-state index in [1.807, 2.05) is 72.8 Å². The van der Waals surface area contributed by atoms with Crippen molar-refractivity contribution in [3.63, 3.8) is 0 Å². The zero-order valence-electron chi connectivity index (χ0n) is 20.5. The van der Waals surface area contributed by atoms with E-state index in [-0.39, 0.29) is 24.0 Å². The second-order valence-corrected chi connectivity index (χ2v) is 9.36. The molecule has 2 N–H and O–H groups in total. The summed E-state index contributed by atoms with van der Waals surface area (Å²) in [5, 5.41) is 5.80. The van der Waals surface area contributed by atoms with Gasteiger partial charge in [-0.05, 0) is 31.5 Å². The third-order valence-corrected chi connectivity index (χ3v) is 6.41. The number of nitrogens with one attached hydrogen (secondary N) is 2. The van der Waals surface area contributed by atoms with Gasteiger partial charge in [0.15, 0.2) is 0 Å². The first-order valence-electron chi connectivity index (χ1n) is 12.3. The van der Waals surface area contributed by atoms with E-state index in [1.165, 1.54) is 0 Å². The van der Waals surface area contributed by atoms with E-state index in [0.717, 1.165) is 29.8 Å². The fourth-order valence-corrected chi connectivity index (χ4v) is 4.92. The summed E-state index contributed by atoms with van der Waals surface area (Å²) >= 11 is 0. The minimum Gasteiger partial charge on any atom is -0.373 e. The lowest BCUT2D eigenvalue weighted by Crippen LogP contribution is -2.45. The number of fused-ring (bicyclic) bond motifs is 1. The van der Waals surface area contributed by atoms with E-state index in [0.29, 0.717) is 23.5 Å². The molecular formula is C29H30N4O3. The Hall–Kier alpha value is -3.81. The van der Waals surface area contributed by atoms with Gasteiger partial charge in [0.05, 0.1) is 23.6 Å². The van der Waals surface area contributed by atoms with Gasteiger partial charge in [0, 0.05) is 36.3 Å². The fourth-order valence-electron chi connectivity index (χ4n) is 4.92. The van der Waals surface area contributed by atoms with Gasteiger partial charge in [-0.15, -0.1) is 0 Å². The second kappa shape index (κ2) is 10.4. The largest absolute Gasteiger partial charge is 0.373 e. The van der Waals surface area contributed by atoms with Crippen molar-refractivity contribution in [3.8, 4) is 0 Å². The lowest BCUT2D eigenvalue weighted by Gasteiger charge is -2.35. The van der Waals surface area contributed by atoms with Crippen LogP contribution in [0.25, 0.3) is 0 Å². The number of ether oxygens (including phenoxy) is 1. The molecule has 1 unspecified atom stereocenters. The van der Waals surface area contributed by atoms with Crippen LogP contribution in [0.15, 0.2) is 83.9 Å². The molecule has 2 heterocycles. The maximum absolute atomic E-state index is 13.5. The van der Waals surface area contributed by atoms with Gasteiger partial charge >= 0.3 is 0 Å². The number of amides is 2. The molecule has 5 rings (SSSR count). The first kappa shape index (κ1) is 23.9. The molecule has 36 heavy (non-hydrogen) atoms. The Balaban J connectivity index is 1.42. The second-order valence-electron chi connectivity index (χ2n) is 9.36. The van der Waals surface area contributed by atoms with E-state index in [9.17, 15) is 9.59 Å². The summed E-state index contributed by atoms with van der Waals surface area (Å²) in [6.07, 6.45) is -0.801. The first-order valence-corrected chi connectivity index (χ1v) is 12.3. The standard InChI is InChI=1S/C29H30N4O3/c1-19-16-33(17-20(2)36-19)18-22-12-6-7-13-23(22)28(34)32-27-29(35)30-25-15-9-8-14-24(25)26(31-27)21-10-4-3-5-11-21/h3-15,19-20,27H,16-18H2,1-2H3,(H,30,35)(H,32,34)/t19-,20+,27?. The van der Waals surface area contributed by atoms with Crippen molar-refractivity contribution in [2.75, 3.05) is 18.4 Å². The van der Waals surface area contributed by atoms with Gasteiger partial charge in [-0.1, -0.05) is 66.7 Å². The predicted molar refractivity (Wildman–Crippen MR) is 140 cm³/mol. The Morgan fingerprint density at radius 2 is 1.64 bits per heavy atom. The number of benzodiazepines with no additional fused rings is 1. The van der Waals surface area contributed by atoms with Gasteiger partial charge in [0.2, 0.25) is 6.17 Å². The molecule has 184 valence electrons. The molecule has 3 aromatic carbocycles. The van der Waals surface area contributed by atoms with Crippen molar-refractivity contribution in [2.24, 2.45) is 4.99 Å². The highest BCUT2D eigenvalue weighted by Gasteiger charge is 2.28. The van der Waals surface area contributed by atoms with Crippen LogP contribution in [-0.4, -0.2) is 53.9 Å². The Morgan fingerprint density at radius 1 is 0.972 bits per heavy atom. The van der Waals surface area contributed by atoms with Crippen LogP contribution >= 0.6 is 0 Å². The predicted octanol–water partition coefficient (Wildman–Crippen LogP) is 3.84. The molecule has 0 spiro atoms. The molecule has 2 amide bonds. The topological polar surface area (TPSA) is 83.0 Å². The number of rotatable bonds is 5. The van der Waals surface area contributed by atoms with Crippen molar-refractivity contribution in [1.82, 2.24) is 10.2 Å². The average molecular weight is 483 g/mol. The molecule has 1 fully saturated rings. The lowest BCUT2D eigenvalue weighted by molar-refractivity contribution is -0.117. The van der Waals surface area contributed by atoms with Gasteiger partial charge < -0.3 is 15.4 Å². The number of morpholine rings is 1. The molecule has 3 aromatic rings. The highest BCUT2D eigenvalue weighted by molar-refractivity contribution is 6.20. The summed E-state index contributed by atoms with van der Waals surface area (Å²) in [6, 6.07) is 24.7. The summed E-state index contributed by atoms with van der Waals surface area (Å²) in [4.78, 5) is 33.7. The van der Waals surface area contributed by atoms with Crippen molar-refractivity contribution in [2.45, 2.75) is 38.8 Å². The van der Waals surface area contributed by atoms with Gasteiger partial charge in [-0.2, -0.15) is 0 Å². The van der Waals surface area contributed by atoms with E-state index in [1.54, 1.807) is 6.07 Å². The van der Waals surface area contributed by atoms with E-state index in [2.05, 4.69) is 29.4 Å². The van der Waals surface area contributed by atoms with Crippen LogP contribution in [0.1, 0.15) is 40.9 Å². The number of hydrogen-bond acceptors (Lipinski definition) is 5. The Bertz CT molecular complexity index is 1280. The lowest BCUT2D eigenvalue weighted by atomic mass is 10.0. The SMILES string of the molecule is C[C@@H]1CN(Cc2ccccc2C(=O)NC2N=C(c3ccccc3)c3ccccc3NC2=O)C[C@H](C)O1. The van der Waals surface area contributed by atoms with Crippen LogP contribution in [0.5, 0.6) is 0 Å². The van der Waals surface area contributed by atoms with Crippen LogP contribution in [0.2, 0.25) is 0 Å². The van der Waals surface area contributed by atoms with Crippen molar-refractivity contribution >= 4 is 23.2 Å². The monoisotopic (exact) mass is 482 g/mol. The summed E-state index contributed by atoms with van der Waals surface area (Å²) in [5.41, 5.74) is 4.44. The molecule has 7 heteroatoms. The Kier molecular flexibility index (Phi) is 6.93. The highest BCUT2D eigenvalue weighted by atomic mass is 16.5. The van der Waals surface area contributed by atoms with Crippen molar-refractivity contribution in [3.05, 3.63) is 101 Å². The smallest absolute Gasteiger partial charge is 0.269 e. The average Bonchev–Trinajstić information content (AvgIpc) is 3.00. The highest BCUT2D eigenvalue weighted by Crippen LogP contribution is 2.24. The summed E-state index contributed by atoms with van der Waals surface area (Å²) in [5.74, 6) is -0.711. The van der Waals surface area contributed by atoms with E-state index in [4.69, 9.17) is 9.73 Å². The number of aliphatic imine (C=N–C) groups is 1. The normalized spacial score (nSPS) is 22.1. The molecule has 0 aliphatic carbocycles. The van der Waals surface area contributed by atoms with Gasteiger partial charge in [-0.25, -0.2) is 4.99 Å². The van der Waals surface area contributed by atoms with Crippen LogP contribution in [0, 0.1) is 0 Å². The molecule has 2 aliphatic rings. The van der Waals surface area contributed by atoms with Crippen molar-refractivity contribution in [1.29, 1.82) is 0 Å². The first-order chi connectivity index (χ1) is 17.5. The number of hydrogen-bond donors (Lipinski definition) is 2. The quantitative estimate of drug-likeness (QED) is 0.579. The van der Waals surface area contributed by atoms with Gasteiger partial charge in [0.1, 0.15) is 0 Å². The van der Waals surface area contributed by atoms with Gasteiger partial charge in [-0.3, -0.25) is 14.5 Å². The van der Waals surface area contributed by atoms with Crippen LogP contribution in [-0.2, 0) is 16.1 Å². The third kappa shape index (κ3) is 5.22. The number of para-hydroxylation sites is 1. The molecule has 0 aromatic heterocycles. The summed E-state index contributed by atoms with van der Waals surface area (Å²) in [6.45, 7) is 6.35. The number of nitrogens with zero attached hydrogens (tertiary/aromatic N) is 2. The molecule has 0 bridgehead atoms. The zero-order valence-corrected chi connectivity index (χ0v) is 20.5. The minimum absolute atomic E-state index is 0.136.